The van der Waals surface area contributed by atoms with Crippen molar-refractivity contribution >= 4 is 23.4 Å². The van der Waals surface area contributed by atoms with Gasteiger partial charge in [0.25, 0.3) is 0 Å². The lowest BCUT2D eigenvalue weighted by atomic mass is 9.99. The highest BCUT2D eigenvalue weighted by atomic mass is 35.5. The first-order chi connectivity index (χ1) is 18.9. The van der Waals surface area contributed by atoms with Gasteiger partial charge in [0.15, 0.2) is 0 Å². The summed E-state index contributed by atoms with van der Waals surface area (Å²) in [4.78, 5) is 18.7. The fourth-order valence-electron chi connectivity index (χ4n) is 5.86. The molecule has 3 atom stereocenters. The molecule has 0 radical (unpaired) electrons. The van der Waals surface area contributed by atoms with E-state index in [9.17, 15) is 13.6 Å². The zero-order valence-corrected chi connectivity index (χ0v) is 22.1. The summed E-state index contributed by atoms with van der Waals surface area (Å²) >= 11 is 6.37. The van der Waals surface area contributed by atoms with Gasteiger partial charge in [0.05, 0.1) is 30.4 Å². The first-order valence-corrected chi connectivity index (χ1v) is 13.5. The molecule has 1 saturated carbocycles. The van der Waals surface area contributed by atoms with Gasteiger partial charge in [-0.2, -0.15) is 8.78 Å². The molecule has 0 N–H and O–H groups in total. The highest BCUT2D eigenvalue weighted by Crippen LogP contribution is 2.46. The van der Waals surface area contributed by atoms with Gasteiger partial charge in [-0.1, -0.05) is 28.9 Å². The second-order valence-corrected chi connectivity index (χ2v) is 10.6. The number of anilines is 1. The van der Waals surface area contributed by atoms with Crippen molar-refractivity contribution in [3.63, 3.8) is 0 Å². The summed E-state index contributed by atoms with van der Waals surface area (Å²) < 4.78 is 47.8. The third-order valence-corrected chi connectivity index (χ3v) is 8.10. The normalized spacial score (nSPS) is 22.4. The van der Waals surface area contributed by atoms with Crippen LogP contribution in [0.25, 0.3) is 11.3 Å². The molecule has 2 aromatic heterocycles. The number of aromatic nitrogens is 2. The molecule has 0 amide bonds. The predicted molar refractivity (Wildman–Crippen MR) is 138 cm³/mol. The summed E-state index contributed by atoms with van der Waals surface area (Å²) in [5, 5.41) is 4.58. The maximum Gasteiger partial charge on any atom is 0.387 e. The second kappa shape index (κ2) is 10.7. The van der Waals surface area contributed by atoms with E-state index in [0.29, 0.717) is 16.3 Å². The van der Waals surface area contributed by atoms with E-state index >= 15 is 0 Å². The SMILES string of the molecule is COC(=O)c1cnc(N2C3CC[C@H]2CC(OCc2c(-c4ccccc4OC(F)F)noc2C2CC2)C3)cc1Cl. The van der Waals surface area contributed by atoms with Crippen LogP contribution in [0.2, 0.25) is 5.02 Å². The quantitative estimate of drug-likeness (QED) is 0.279. The van der Waals surface area contributed by atoms with Crippen LogP contribution in [0, 0.1) is 0 Å². The van der Waals surface area contributed by atoms with E-state index < -0.39 is 12.6 Å². The van der Waals surface area contributed by atoms with Crippen molar-refractivity contribution in [1.29, 1.82) is 0 Å². The Bertz CT molecular complexity index is 1350. The highest BCUT2D eigenvalue weighted by molar-refractivity contribution is 6.33. The zero-order chi connectivity index (χ0) is 27.1. The summed E-state index contributed by atoms with van der Waals surface area (Å²) in [7, 11) is 1.31. The van der Waals surface area contributed by atoms with Crippen LogP contribution in [0.1, 0.15) is 66.1 Å². The molecule has 1 aliphatic carbocycles. The van der Waals surface area contributed by atoms with Crippen molar-refractivity contribution in [3.8, 4) is 17.0 Å². The third-order valence-electron chi connectivity index (χ3n) is 7.79. The molecule has 1 aromatic carbocycles. The van der Waals surface area contributed by atoms with Crippen LogP contribution in [-0.2, 0) is 16.1 Å². The Labute approximate surface area is 229 Å². The van der Waals surface area contributed by atoms with Crippen molar-refractivity contribution in [2.75, 3.05) is 12.0 Å². The molecule has 8 nitrogen and oxygen atoms in total. The van der Waals surface area contributed by atoms with Gasteiger partial charge in [-0.15, -0.1) is 0 Å². The predicted octanol–water partition coefficient (Wildman–Crippen LogP) is 6.37. The minimum atomic E-state index is -2.94. The van der Waals surface area contributed by atoms with Crippen molar-refractivity contribution in [1.82, 2.24) is 10.1 Å². The van der Waals surface area contributed by atoms with Gasteiger partial charge in [0, 0.05) is 41.4 Å². The molecule has 11 heteroatoms. The van der Waals surface area contributed by atoms with Gasteiger partial charge >= 0.3 is 12.6 Å². The molecule has 2 unspecified atom stereocenters. The number of esters is 1. The van der Waals surface area contributed by atoms with Crippen molar-refractivity contribution in [2.45, 2.75) is 75.8 Å². The fourth-order valence-corrected chi connectivity index (χ4v) is 6.08. The topological polar surface area (TPSA) is 86.9 Å². The standard InChI is InChI=1S/C28H28ClF2N3O5/c1-36-27(35)20-13-32-24(12-22(20)29)34-16-8-9-17(34)11-18(10-16)37-14-21-25(33-39-26(21)15-6-7-15)19-4-2-3-5-23(19)38-28(30)31/h2-5,12-13,15-18,28H,6-11,14H2,1H3/t16-,17?,18?/m0/s1. The van der Waals surface area contributed by atoms with Crippen LogP contribution in [0.5, 0.6) is 5.75 Å². The van der Waals surface area contributed by atoms with Gasteiger partial charge in [0.1, 0.15) is 23.0 Å². The van der Waals surface area contributed by atoms with E-state index in [1.807, 2.05) is 0 Å². The lowest BCUT2D eigenvalue weighted by Crippen LogP contribution is -2.46. The minimum absolute atomic E-state index is 0.00549. The molecule has 0 spiro atoms. The fraction of sp³-hybridized carbons (Fsp3) is 0.464. The van der Waals surface area contributed by atoms with E-state index in [2.05, 4.69) is 15.0 Å². The van der Waals surface area contributed by atoms with E-state index in [-0.39, 0.29) is 42.0 Å². The number of rotatable bonds is 9. The van der Waals surface area contributed by atoms with E-state index in [0.717, 1.165) is 55.7 Å². The summed E-state index contributed by atoms with van der Waals surface area (Å²) in [6.45, 7) is -2.67. The first kappa shape index (κ1) is 26.0. The lowest BCUT2D eigenvalue weighted by Gasteiger charge is -2.39. The lowest BCUT2D eigenvalue weighted by molar-refractivity contribution is -0.0494. The van der Waals surface area contributed by atoms with Gasteiger partial charge in [-0.05, 0) is 50.7 Å². The number of pyridine rings is 1. The van der Waals surface area contributed by atoms with Crippen LogP contribution in [0.3, 0.4) is 0 Å². The molecule has 2 saturated heterocycles. The number of alkyl halides is 2. The van der Waals surface area contributed by atoms with Gasteiger partial charge < -0.3 is 23.6 Å². The Hall–Kier alpha value is -3.24. The number of piperidine rings is 1. The number of ether oxygens (including phenoxy) is 3. The number of hydrogen-bond donors (Lipinski definition) is 0. The molecule has 39 heavy (non-hydrogen) atoms. The van der Waals surface area contributed by atoms with Gasteiger partial charge in [0.2, 0.25) is 0 Å². The Morgan fingerprint density at radius 3 is 2.59 bits per heavy atom. The molecule has 4 heterocycles. The molecule has 206 valence electrons. The molecule has 2 aliphatic heterocycles. The van der Waals surface area contributed by atoms with Crippen LogP contribution >= 0.6 is 11.6 Å². The maximum absolute atomic E-state index is 13.1. The number of halogens is 3. The smallest absolute Gasteiger partial charge is 0.387 e. The van der Waals surface area contributed by atoms with E-state index in [4.69, 9.17) is 30.3 Å². The number of para-hydroxylation sites is 1. The summed E-state index contributed by atoms with van der Waals surface area (Å²) in [5.41, 5.74) is 1.98. The van der Waals surface area contributed by atoms with Crippen LogP contribution < -0.4 is 9.64 Å². The summed E-state index contributed by atoms with van der Waals surface area (Å²) in [6, 6.07) is 8.80. The third kappa shape index (κ3) is 5.19. The zero-order valence-electron chi connectivity index (χ0n) is 21.3. The van der Waals surface area contributed by atoms with Gasteiger partial charge in [-0.25, -0.2) is 9.78 Å². The van der Waals surface area contributed by atoms with E-state index in [1.54, 1.807) is 24.3 Å². The molecule has 2 bridgehead atoms. The molecule has 3 aliphatic rings. The molecule has 6 rings (SSSR count). The first-order valence-electron chi connectivity index (χ1n) is 13.1. The molecular weight excluding hydrogens is 532 g/mol. The van der Waals surface area contributed by atoms with Crippen molar-refractivity contribution in [3.05, 3.63) is 58.4 Å². The number of benzene rings is 1. The number of carbonyl (C=O) groups is 1. The highest BCUT2D eigenvalue weighted by Gasteiger charge is 2.42. The van der Waals surface area contributed by atoms with Crippen LogP contribution in [0.15, 0.2) is 41.1 Å². The summed E-state index contributed by atoms with van der Waals surface area (Å²) in [5.74, 6) is 1.32. The number of methoxy groups -OCH3 is 1. The Morgan fingerprint density at radius 1 is 1.18 bits per heavy atom. The van der Waals surface area contributed by atoms with Crippen molar-refractivity contribution < 1.29 is 32.3 Å². The Balaban J connectivity index is 1.18. The van der Waals surface area contributed by atoms with Crippen LogP contribution in [0.4, 0.5) is 14.6 Å². The maximum atomic E-state index is 13.1. The average Bonchev–Trinajstić information content (AvgIpc) is 3.63. The van der Waals surface area contributed by atoms with E-state index in [1.165, 1.54) is 19.4 Å². The van der Waals surface area contributed by atoms with Crippen molar-refractivity contribution in [2.24, 2.45) is 0 Å². The second-order valence-electron chi connectivity index (χ2n) is 10.2. The Morgan fingerprint density at radius 2 is 1.92 bits per heavy atom. The Kier molecular flexibility index (Phi) is 7.16. The number of carbonyl (C=O) groups excluding carboxylic acids is 1. The number of nitrogens with zero attached hydrogens (tertiary/aromatic N) is 3. The van der Waals surface area contributed by atoms with Gasteiger partial charge in [-0.3, -0.25) is 0 Å². The average molecular weight is 560 g/mol. The summed E-state index contributed by atoms with van der Waals surface area (Å²) in [6.07, 6.45) is 7.10. The largest absolute Gasteiger partial charge is 0.465 e. The minimum Gasteiger partial charge on any atom is -0.465 e. The molecular formula is C28H28ClF2N3O5. The molecule has 3 fully saturated rings. The number of hydrogen-bond acceptors (Lipinski definition) is 8. The molecule has 3 aromatic rings. The number of fused-ring (bicyclic) bond motifs is 2. The van der Waals surface area contributed by atoms with Crippen LogP contribution in [-0.4, -0.2) is 48.0 Å². The monoisotopic (exact) mass is 559 g/mol.